The lowest BCUT2D eigenvalue weighted by Crippen LogP contribution is -2.31. The van der Waals surface area contributed by atoms with E-state index in [4.69, 9.17) is 0 Å². The standard InChI is InChI=1S/C15H21F3N2O/c1-4-8-19-13-10-11(2)5-6-12(13)14(21)20(3)9-7-15(16,17)18/h5-6,10,19H,4,7-9H2,1-3H3. The molecule has 1 aromatic carbocycles. The van der Waals surface area contributed by atoms with Crippen molar-refractivity contribution in [2.45, 2.75) is 32.9 Å². The van der Waals surface area contributed by atoms with Gasteiger partial charge >= 0.3 is 6.18 Å². The van der Waals surface area contributed by atoms with Gasteiger partial charge in [0.15, 0.2) is 0 Å². The molecule has 0 atom stereocenters. The fourth-order valence-corrected chi connectivity index (χ4v) is 1.85. The van der Waals surface area contributed by atoms with Crippen molar-refractivity contribution in [1.29, 1.82) is 0 Å². The van der Waals surface area contributed by atoms with Gasteiger partial charge in [-0.05, 0) is 31.0 Å². The molecule has 0 saturated heterocycles. The van der Waals surface area contributed by atoms with Gasteiger partial charge in [0.05, 0.1) is 12.0 Å². The third-order valence-electron chi connectivity index (χ3n) is 3.05. The van der Waals surface area contributed by atoms with E-state index in [1.165, 1.54) is 7.05 Å². The van der Waals surface area contributed by atoms with Crippen LogP contribution in [0, 0.1) is 6.92 Å². The summed E-state index contributed by atoms with van der Waals surface area (Å²) in [7, 11) is 1.39. The molecular weight excluding hydrogens is 281 g/mol. The molecular formula is C15H21F3N2O. The summed E-state index contributed by atoms with van der Waals surface area (Å²) < 4.78 is 36.7. The number of alkyl halides is 3. The van der Waals surface area contributed by atoms with Crippen LogP contribution in [0.1, 0.15) is 35.7 Å². The second-order valence-electron chi connectivity index (χ2n) is 5.07. The van der Waals surface area contributed by atoms with Gasteiger partial charge in [-0.3, -0.25) is 4.79 Å². The molecule has 0 radical (unpaired) electrons. The fourth-order valence-electron chi connectivity index (χ4n) is 1.85. The van der Waals surface area contributed by atoms with Gasteiger partial charge in [-0.15, -0.1) is 0 Å². The van der Waals surface area contributed by atoms with Crippen LogP contribution in [0.3, 0.4) is 0 Å². The summed E-state index contributed by atoms with van der Waals surface area (Å²) in [5.41, 5.74) is 2.06. The highest BCUT2D eigenvalue weighted by molar-refractivity contribution is 5.99. The highest BCUT2D eigenvalue weighted by Gasteiger charge is 2.28. The number of hydrogen-bond donors (Lipinski definition) is 1. The lowest BCUT2D eigenvalue weighted by molar-refractivity contribution is -0.136. The van der Waals surface area contributed by atoms with Gasteiger partial charge in [-0.2, -0.15) is 13.2 Å². The predicted octanol–water partition coefficient (Wildman–Crippen LogP) is 3.84. The van der Waals surface area contributed by atoms with Crippen molar-refractivity contribution in [2.75, 3.05) is 25.5 Å². The highest BCUT2D eigenvalue weighted by atomic mass is 19.4. The molecule has 0 aromatic heterocycles. The maximum absolute atomic E-state index is 12.3. The Labute approximate surface area is 123 Å². The number of aryl methyl sites for hydroxylation is 1. The van der Waals surface area contributed by atoms with E-state index in [2.05, 4.69) is 5.32 Å². The predicted molar refractivity (Wildman–Crippen MR) is 77.6 cm³/mol. The normalized spacial score (nSPS) is 11.3. The Morgan fingerprint density at radius 1 is 1.33 bits per heavy atom. The molecule has 1 aromatic rings. The lowest BCUT2D eigenvalue weighted by Gasteiger charge is -2.20. The van der Waals surface area contributed by atoms with Crippen molar-refractivity contribution in [2.24, 2.45) is 0 Å². The Balaban J connectivity index is 2.85. The van der Waals surface area contributed by atoms with Crippen LogP contribution in [0.25, 0.3) is 0 Å². The van der Waals surface area contributed by atoms with Crippen molar-refractivity contribution in [1.82, 2.24) is 4.90 Å². The number of carbonyl (C=O) groups excluding carboxylic acids is 1. The molecule has 0 unspecified atom stereocenters. The van der Waals surface area contributed by atoms with Gasteiger partial charge in [-0.25, -0.2) is 0 Å². The molecule has 118 valence electrons. The number of rotatable bonds is 6. The second-order valence-corrected chi connectivity index (χ2v) is 5.07. The Morgan fingerprint density at radius 2 is 2.00 bits per heavy atom. The molecule has 0 aliphatic rings. The first kappa shape index (κ1) is 17.3. The summed E-state index contributed by atoms with van der Waals surface area (Å²) in [5, 5.41) is 3.14. The molecule has 1 amide bonds. The van der Waals surface area contributed by atoms with E-state index in [0.29, 0.717) is 17.8 Å². The van der Waals surface area contributed by atoms with Crippen LogP contribution in [0.5, 0.6) is 0 Å². The molecule has 0 spiro atoms. The largest absolute Gasteiger partial charge is 0.390 e. The molecule has 0 aliphatic heterocycles. The zero-order valence-corrected chi connectivity index (χ0v) is 12.5. The average Bonchev–Trinajstić information content (AvgIpc) is 2.41. The quantitative estimate of drug-likeness (QED) is 0.866. The molecule has 0 heterocycles. The Bertz CT molecular complexity index is 486. The first-order valence-corrected chi connectivity index (χ1v) is 6.91. The van der Waals surface area contributed by atoms with Crippen LogP contribution in [0.2, 0.25) is 0 Å². The second kappa shape index (κ2) is 7.33. The van der Waals surface area contributed by atoms with E-state index in [1.54, 1.807) is 12.1 Å². The topological polar surface area (TPSA) is 32.3 Å². The smallest absolute Gasteiger partial charge is 0.384 e. The third-order valence-corrected chi connectivity index (χ3v) is 3.05. The van der Waals surface area contributed by atoms with Crippen LogP contribution in [-0.2, 0) is 0 Å². The van der Waals surface area contributed by atoms with Crippen molar-refractivity contribution < 1.29 is 18.0 Å². The van der Waals surface area contributed by atoms with Gasteiger partial charge in [0.25, 0.3) is 5.91 Å². The Kier molecular flexibility index (Phi) is 6.05. The monoisotopic (exact) mass is 302 g/mol. The first-order valence-electron chi connectivity index (χ1n) is 6.91. The molecule has 1 N–H and O–H groups in total. The van der Waals surface area contributed by atoms with Crippen LogP contribution in [0.15, 0.2) is 18.2 Å². The molecule has 0 fully saturated rings. The number of nitrogens with zero attached hydrogens (tertiary/aromatic N) is 1. The molecule has 6 heteroatoms. The van der Waals surface area contributed by atoms with E-state index in [9.17, 15) is 18.0 Å². The van der Waals surface area contributed by atoms with Crippen LogP contribution >= 0.6 is 0 Å². The number of hydrogen-bond acceptors (Lipinski definition) is 2. The third kappa shape index (κ3) is 5.65. The van der Waals surface area contributed by atoms with Crippen molar-refractivity contribution in [3.8, 4) is 0 Å². The zero-order chi connectivity index (χ0) is 16.0. The van der Waals surface area contributed by atoms with Crippen LogP contribution < -0.4 is 5.32 Å². The average molecular weight is 302 g/mol. The molecule has 0 aliphatic carbocycles. The van der Waals surface area contributed by atoms with Gasteiger partial charge in [0.2, 0.25) is 0 Å². The minimum atomic E-state index is -4.26. The Morgan fingerprint density at radius 3 is 2.57 bits per heavy atom. The molecule has 21 heavy (non-hydrogen) atoms. The number of nitrogens with one attached hydrogen (secondary N) is 1. The van der Waals surface area contributed by atoms with Crippen molar-refractivity contribution in [3.05, 3.63) is 29.3 Å². The Hall–Kier alpha value is -1.72. The number of halogens is 3. The zero-order valence-electron chi connectivity index (χ0n) is 12.5. The van der Waals surface area contributed by atoms with Crippen LogP contribution in [-0.4, -0.2) is 37.1 Å². The molecule has 3 nitrogen and oxygen atoms in total. The van der Waals surface area contributed by atoms with Crippen LogP contribution in [0.4, 0.5) is 18.9 Å². The lowest BCUT2D eigenvalue weighted by atomic mass is 10.1. The maximum atomic E-state index is 12.3. The summed E-state index contributed by atoms with van der Waals surface area (Å²) in [5.74, 6) is -0.405. The van der Waals surface area contributed by atoms with Gasteiger partial charge < -0.3 is 10.2 Å². The number of benzene rings is 1. The first-order chi connectivity index (χ1) is 9.74. The van der Waals surface area contributed by atoms with Gasteiger partial charge in [-0.1, -0.05) is 13.0 Å². The fraction of sp³-hybridized carbons (Fsp3) is 0.533. The van der Waals surface area contributed by atoms with Gasteiger partial charge in [0, 0.05) is 25.8 Å². The number of amides is 1. The maximum Gasteiger partial charge on any atom is 0.390 e. The molecule has 1 rings (SSSR count). The van der Waals surface area contributed by atoms with E-state index in [-0.39, 0.29) is 6.54 Å². The minimum absolute atomic E-state index is 0.344. The highest BCUT2D eigenvalue weighted by Crippen LogP contribution is 2.22. The SMILES string of the molecule is CCCNc1cc(C)ccc1C(=O)N(C)CCC(F)(F)F. The molecule has 0 saturated carbocycles. The van der Waals surface area contributed by atoms with Crippen molar-refractivity contribution >= 4 is 11.6 Å². The van der Waals surface area contributed by atoms with E-state index in [0.717, 1.165) is 16.9 Å². The summed E-state index contributed by atoms with van der Waals surface area (Å²) >= 11 is 0. The summed E-state index contributed by atoms with van der Waals surface area (Å²) in [4.78, 5) is 13.4. The minimum Gasteiger partial charge on any atom is -0.384 e. The number of anilines is 1. The van der Waals surface area contributed by atoms with Gasteiger partial charge in [0.1, 0.15) is 0 Å². The summed E-state index contributed by atoms with van der Waals surface area (Å²) in [6.07, 6.45) is -4.37. The molecule has 0 bridgehead atoms. The van der Waals surface area contributed by atoms with E-state index >= 15 is 0 Å². The number of carbonyl (C=O) groups is 1. The van der Waals surface area contributed by atoms with E-state index < -0.39 is 18.5 Å². The van der Waals surface area contributed by atoms with Crippen molar-refractivity contribution in [3.63, 3.8) is 0 Å². The summed E-state index contributed by atoms with van der Waals surface area (Å²) in [6, 6.07) is 5.27. The van der Waals surface area contributed by atoms with E-state index in [1.807, 2.05) is 19.9 Å². The summed E-state index contributed by atoms with van der Waals surface area (Å²) in [6.45, 7) is 4.26.